The predicted octanol–water partition coefficient (Wildman–Crippen LogP) is 1.37. The first-order valence-corrected chi connectivity index (χ1v) is 3.92. The number of hydrogen-bond donors (Lipinski definition) is 0. The van der Waals surface area contributed by atoms with Crippen LogP contribution in [0.15, 0.2) is 6.33 Å². The van der Waals surface area contributed by atoms with E-state index in [0.29, 0.717) is 5.88 Å². The van der Waals surface area contributed by atoms with Crippen molar-refractivity contribution in [2.24, 2.45) is 0 Å². The SMILES string of the molecule is CC(C)(C)n1cnc2c1OCO2. The van der Waals surface area contributed by atoms with E-state index in [1.807, 2.05) is 4.57 Å². The molecule has 0 atom stereocenters. The van der Waals surface area contributed by atoms with Gasteiger partial charge >= 0.3 is 0 Å². The maximum absolute atomic E-state index is 5.27. The molecule has 0 unspecified atom stereocenters. The van der Waals surface area contributed by atoms with Gasteiger partial charge in [-0.05, 0) is 20.8 Å². The summed E-state index contributed by atoms with van der Waals surface area (Å²) >= 11 is 0. The number of ether oxygens (including phenoxy) is 2. The molecule has 66 valence electrons. The molecule has 12 heavy (non-hydrogen) atoms. The molecule has 0 fully saturated rings. The number of nitrogens with zero attached hydrogens (tertiary/aromatic N) is 2. The van der Waals surface area contributed by atoms with Crippen LogP contribution < -0.4 is 9.47 Å². The van der Waals surface area contributed by atoms with Crippen LogP contribution in [0.3, 0.4) is 0 Å². The van der Waals surface area contributed by atoms with E-state index < -0.39 is 0 Å². The van der Waals surface area contributed by atoms with Gasteiger partial charge in [0.05, 0.1) is 0 Å². The zero-order chi connectivity index (χ0) is 8.77. The molecule has 4 heteroatoms. The molecular formula is C8H12N2O2. The molecule has 0 amide bonds. The first-order valence-electron chi connectivity index (χ1n) is 3.92. The van der Waals surface area contributed by atoms with E-state index in [1.54, 1.807) is 6.33 Å². The Bertz CT molecular complexity index is 298. The molecule has 0 N–H and O–H groups in total. The van der Waals surface area contributed by atoms with Crippen molar-refractivity contribution < 1.29 is 9.47 Å². The van der Waals surface area contributed by atoms with Crippen molar-refractivity contribution in [3.05, 3.63) is 6.33 Å². The van der Waals surface area contributed by atoms with Crippen molar-refractivity contribution in [1.29, 1.82) is 0 Å². The molecule has 0 bridgehead atoms. The fourth-order valence-corrected chi connectivity index (χ4v) is 1.17. The summed E-state index contributed by atoms with van der Waals surface area (Å²) in [7, 11) is 0. The van der Waals surface area contributed by atoms with Gasteiger partial charge in [-0.3, -0.25) is 4.57 Å². The summed E-state index contributed by atoms with van der Waals surface area (Å²) in [6, 6.07) is 0. The van der Waals surface area contributed by atoms with Crippen LogP contribution in [-0.4, -0.2) is 16.3 Å². The van der Waals surface area contributed by atoms with Gasteiger partial charge < -0.3 is 9.47 Å². The molecule has 1 aliphatic heterocycles. The average Bonchev–Trinajstić information content (AvgIpc) is 2.37. The third kappa shape index (κ3) is 0.948. The van der Waals surface area contributed by atoms with Crippen LogP contribution >= 0.6 is 0 Å². The molecule has 0 aromatic carbocycles. The molecule has 0 saturated heterocycles. The second kappa shape index (κ2) is 2.15. The standard InChI is InChI=1S/C8H12N2O2/c1-8(2,3)10-4-9-6-7(10)12-5-11-6/h4H,5H2,1-3H3. The number of imidazole rings is 1. The Hall–Kier alpha value is -1.19. The highest BCUT2D eigenvalue weighted by molar-refractivity contribution is 5.30. The van der Waals surface area contributed by atoms with Crippen LogP contribution in [0.2, 0.25) is 0 Å². The Labute approximate surface area is 71.1 Å². The topological polar surface area (TPSA) is 36.3 Å². The summed E-state index contributed by atoms with van der Waals surface area (Å²) in [6.07, 6.45) is 1.74. The van der Waals surface area contributed by atoms with Crippen molar-refractivity contribution >= 4 is 0 Å². The highest BCUT2D eigenvalue weighted by Crippen LogP contribution is 2.34. The molecule has 1 aromatic heterocycles. The summed E-state index contributed by atoms with van der Waals surface area (Å²) in [4.78, 5) is 4.08. The summed E-state index contributed by atoms with van der Waals surface area (Å²) in [5.74, 6) is 1.34. The lowest BCUT2D eigenvalue weighted by molar-refractivity contribution is 0.155. The van der Waals surface area contributed by atoms with Gasteiger partial charge in [0, 0.05) is 5.54 Å². The Morgan fingerprint density at radius 3 is 2.83 bits per heavy atom. The average molecular weight is 168 g/mol. The van der Waals surface area contributed by atoms with Crippen LogP contribution in [0.4, 0.5) is 0 Å². The molecule has 1 aliphatic rings. The van der Waals surface area contributed by atoms with E-state index >= 15 is 0 Å². The first kappa shape index (κ1) is 7.46. The molecule has 0 saturated carbocycles. The van der Waals surface area contributed by atoms with Crippen LogP contribution in [0, 0.1) is 0 Å². The van der Waals surface area contributed by atoms with Crippen molar-refractivity contribution in [3.63, 3.8) is 0 Å². The lowest BCUT2D eigenvalue weighted by atomic mass is 10.1. The fourth-order valence-electron chi connectivity index (χ4n) is 1.17. The monoisotopic (exact) mass is 168 g/mol. The molecule has 0 spiro atoms. The number of fused-ring (bicyclic) bond motifs is 1. The van der Waals surface area contributed by atoms with E-state index in [1.165, 1.54) is 0 Å². The first-order chi connectivity index (χ1) is 5.59. The summed E-state index contributed by atoms with van der Waals surface area (Å²) in [5, 5.41) is 0. The minimum Gasteiger partial charge on any atom is -0.437 e. The minimum absolute atomic E-state index is 0.00567. The van der Waals surface area contributed by atoms with Crippen LogP contribution in [-0.2, 0) is 5.54 Å². The second-order valence-corrected chi connectivity index (χ2v) is 3.80. The van der Waals surface area contributed by atoms with Gasteiger partial charge in [0.15, 0.2) is 0 Å². The van der Waals surface area contributed by atoms with Crippen LogP contribution in [0.25, 0.3) is 0 Å². The number of aromatic nitrogens is 2. The Balaban J connectivity index is 2.46. The van der Waals surface area contributed by atoms with Crippen LogP contribution in [0.1, 0.15) is 20.8 Å². The highest BCUT2D eigenvalue weighted by Gasteiger charge is 2.26. The van der Waals surface area contributed by atoms with Crippen molar-refractivity contribution in [2.45, 2.75) is 26.3 Å². The largest absolute Gasteiger partial charge is 0.437 e. The van der Waals surface area contributed by atoms with E-state index in [9.17, 15) is 0 Å². The second-order valence-electron chi connectivity index (χ2n) is 3.80. The lowest BCUT2D eigenvalue weighted by Gasteiger charge is -2.21. The van der Waals surface area contributed by atoms with Crippen molar-refractivity contribution in [3.8, 4) is 11.8 Å². The predicted molar refractivity (Wildman–Crippen MR) is 43.3 cm³/mol. The van der Waals surface area contributed by atoms with Gasteiger partial charge in [-0.15, -0.1) is 0 Å². The lowest BCUT2D eigenvalue weighted by Crippen LogP contribution is -2.21. The number of rotatable bonds is 0. The molecule has 0 aliphatic carbocycles. The van der Waals surface area contributed by atoms with Gasteiger partial charge in [-0.25, -0.2) is 0 Å². The van der Waals surface area contributed by atoms with E-state index in [0.717, 1.165) is 5.88 Å². The summed E-state index contributed by atoms with van der Waals surface area (Å²) in [5.41, 5.74) is -0.00567. The third-order valence-corrected chi connectivity index (χ3v) is 1.81. The molecule has 2 heterocycles. The Morgan fingerprint density at radius 1 is 1.42 bits per heavy atom. The zero-order valence-corrected chi connectivity index (χ0v) is 7.50. The summed E-state index contributed by atoms with van der Waals surface area (Å²) in [6.45, 7) is 6.57. The van der Waals surface area contributed by atoms with Gasteiger partial charge in [-0.2, -0.15) is 4.98 Å². The molecule has 0 radical (unpaired) electrons. The molecule has 2 rings (SSSR count). The van der Waals surface area contributed by atoms with E-state index in [-0.39, 0.29) is 12.3 Å². The zero-order valence-electron chi connectivity index (χ0n) is 7.50. The highest BCUT2D eigenvalue weighted by atomic mass is 16.7. The maximum atomic E-state index is 5.27. The van der Waals surface area contributed by atoms with Gasteiger partial charge in [-0.1, -0.05) is 0 Å². The molecule has 4 nitrogen and oxygen atoms in total. The quantitative estimate of drug-likeness (QED) is 0.587. The Kier molecular flexibility index (Phi) is 1.34. The Morgan fingerprint density at radius 2 is 2.17 bits per heavy atom. The maximum Gasteiger partial charge on any atom is 0.280 e. The smallest absolute Gasteiger partial charge is 0.280 e. The minimum atomic E-state index is -0.00567. The number of hydrogen-bond acceptors (Lipinski definition) is 3. The van der Waals surface area contributed by atoms with Gasteiger partial charge in [0.1, 0.15) is 6.33 Å². The third-order valence-electron chi connectivity index (χ3n) is 1.81. The normalized spacial score (nSPS) is 15.2. The molecular weight excluding hydrogens is 156 g/mol. The van der Waals surface area contributed by atoms with Crippen LogP contribution in [0.5, 0.6) is 11.8 Å². The van der Waals surface area contributed by atoms with Crippen molar-refractivity contribution in [1.82, 2.24) is 9.55 Å². The van der Waals surface area contributed by atoms with E-state index in [4.69, 9.17) is 9.47 Å². The van der Waals surface area contributed by atoms with Gasteiger partial charge in [0.25, 0.3) is 11.8 Å². The van der Waals surface area contributed by atoms with Crippen molar-refractivity contribution in [2.75, 3.05) is 6.79 Å². The van der Waals surface area contributed by atoms with E-state index in [2.05, 4.69) is 25.8 Å². The summed E-state index contributed by atoms with van der Waals surface area (Å²) < 4.78 is 12.4. The van der Waals surface area contributed by atoms with Gasteiger partial charge in [0.2, 0.25) is 6.79 Å². The fraction of sp³-hybridized carbons (Fsp3) is 0.625. The molecule has 1 aromatic rings.